The van der Waals surface area contributed by atoms with Crippen LogP contribution in [0.3, 0.4) is 0 Å². The van der Waals surface area contributed by atoms with Gasteiger partial charge in [-0.05, 0) is 42.8 Å². The van der Waals surface area contributed by atoms with Crippen molar-refractivity contribution in [2.75, 3.05) is 5.32 Å². The maximum atomic E-state index is 12.9. The summed E-state index contributed by atoms with van der Waals surface area (Å²) in [5.41, 5.74) is 1.74. The van der Waals surface area contributed by atoms with Gasteiger partial charge in [-0.15, -0.1) is 0 Å². The molecule has 0 fully saturated rings. The number of hydrogen-bond acceptors (Lipinski definition) is 1. The Morgan fingerprint density at radius 3 is 2.56 bits per heavy atom. The van der Waals surface area contributed by atoms with Gasteiger partial charge in [0, 0.05) is 11.1 Å². The quantitative estimate of drug-likeness (QED) is 0.805. The summed E-state index contributed by atoms with van der Waals surface area (Å²) in [6.07, 6.45) is 0. The zero-order chi connectivity index (χ0) is 13.1. The van der Waals surface area contributed by atoms with E-state index in [1.54, 1.807) is 6.07 Å². The molecule has 2 rings (SSSR count). The van der Waals surface area contributed by atoms with E-state index in [9.17, 15) is 4.39 Å². The number of benzene rings is 2. The van der Waals surface area contributed by atoms with Gasteiger partial charge in [0.25, 0.3) is 0 Å². The highest BCUT2D eigenvalue weighted by molar-refractivity contribution is 6.33. The summed E-state index contributed by atoms with van der Waals surface area (Å²) in [7, 11) is 0. The molecule has 18 heavy (non-hydrogen) atoms. The maximum absolute atomic E-state index is 12.9. The first-order valence-electron chi connectivity index (χ1n) is 5.53. The summed E-state index contributed by atoms with van der Waals surface area (Å²) >= 11 is 11.9. The highest BCUT2D eigenvalue weighted by Crippen LogP contribution is 2.27. The molecule has 1 unspecified atom stereocenters. The minimum absolute atomic E-state index is 0.0339. The molecule has 1 nitrogen and oxygen atoms in total. The Labute approximate surface area is 116 Å². The zero-order valence-corrected chi connectivity index (χ0v) is 11.3. The third kappa shape index (κ3) is 3.15. The van der Waals surface area contributed by atoms with Crippen LogP contribution in [-0.2, 0) is 0 Å². The maximum Gasteiger partial charge on any atom is 0.124 e. The van der Waals surface area contributed by atoms with Gasteiger partial charge in [0.15, 0.2) is 0 Å². The largest absolute Gasteiger partial charge is 0.377 e. The first-order chi connectivity index (χ1) is 8.56. The average Bonchev–Trinajstić information content (AvgIpc) is 2.32. The van der Waals surface area contributed by atoms with Crippen molar-refractivity contribution >= 4 is 28.9 Å². The monoisotopic (exact) mass is 283 g/mol. The summed E-state index contributed by atoms with van der Waals surface area (Å²) in [5, 5.41) is 4.27. The fourth-order valence-corrected chi connectivity index (χ4v) is 2.12. The van der Waals surface area contributed by atoms with Crippen molar-refractivity contribution in [1.29, 1.82) is 0 Å². The van der Waals surface area contributed by atoms with Crippen LogP contribution in [0.25, 0.3) is 0 Å². The number of hydrogen-bond donors (Lipinski definition) is 1. The van der Waals surface area contributed by atoms with Crippen LogP contribution in [0.4, 0.5) is 10.1 Å². The fraction of sp³-hybridized carbons (Fsp3) is 0.143. The van der Waals surface area contributed by atoms with E-state index in [2.05, 4.69) is 5.32 Å². The van der Waals surface area contributed by atoms with E-state index in [0.717, 1.165) is 5.56 Å². The van der Waals surface area contributed by atoms with Crippen LogP contribution in [0.5, 0.6) is 0 Å². The van der Waals surface area contributed by atoms with Crippen LogP contribution in [0.1, 0.15) is 18.5 Å². The minimum atomic E-state index is -0.346. The first-order valence-corrected chi connectivity index (χ1v) is 6.29. The van der Waals surface area contributed by atoms with Crippen LogP contribution in [0.15, 0.2) is 42.5 Å². The number of anilines is 1. The van der Waals surface area contributed by atoms with E-state index in [0.29, 0.717) is 15.7 Å². The number of rotatable bonds is 3. The number of halogens is 3. The summed E-state index contributed by atoms with van der Waals surface area (Å²) in [6, 6.07) is 11.9. The third-order valence-corrected chi connectivity index (χ3v) is 3.20. The van der Waals surface area contributed by atoms with Gasteiger partial charge in [-0.25, -0.2) is 4.39 Å². The molecule has 0 aliphatic rings. The van der Waals surface area contributed by atoms with Gasteiger partial charge in [-0.2, -0.15) is 0 Å². The SMILES string of the molecule is CC(Nc1ccc(F)cc1Cl)c1cccc(Cl)c1. The smallest absolute Gasteiger partial charge is 0.124 e. The lowest BCUT2D eigenvalue weighted by Gasteiger charge is -2.17. The van der Waals surface area contributed by atoms with E-state index in [1.807, 2.05) is 31.2 Å². The molecular formula is C14H12Cl2FN. The Hall–Kier alpha value is -1.25. The Kier molecular flexibility index (Phi) is 4.10. The Morgan fingerprint density at radius 2 is 1.89 bits per heavy atom. The van der Waals surface area contributed by atoms with Crippen molar-refractivity contribution in [2.45, 2.75) is 13.0 Å². The van der Waals surface area contributed by atoms with Crippen molar-refractivity contribution in [2.24, 2.45) is 0 Å². The van der Waals surface area contributed by atoms with Crippen LogP contribution < -0.4 is 5.32 Å². The third-order valence-electron chi connectivity index (χ3n) is 2.65. The second-order valence-electron chi connectivity index (χ2n) is 4.05. The van der Waals surface area contributed by atoms with Crippen molar-refractivity contribution in [3.05, 3.63) is 63.9 Å². The molecule has 0 saturated carbocycles. The predicted molar refractivity (Wildman–Crippen MR) is 74.9 cm³/mol. The summed E-state index contributed by atoms with van der Waals surface area (Å²) in [4.78, 5) is 0. The summed E-state index contributed by atoms with van der Waals surface area (Å²) in [5.74, 6) is -0.346. The normalized spacial score (nSPS) is 12.2. The van der Waals surface area contributed by atoms with E-state index in [4.69, 9.17) is 23.2 Å². The predicted octanol–water partition coefficient (Wildman–Crippen LogP) is 5.31. The molecule has 2 aromatic carbocycles. The van der Waals surface area contributed by atoms with Crippen molar-refractivity contribution in [3.8, 4) is 0 Å². The fourth-order valence-electron chi connectivity index (χ4n) is 1.70. The molecule has 0 aliphatic heterocycles. The van der Waals surface area contributed by atoms with Crippen LogP contribution >= 0.6 is 23.2 Å². The molecule has 0 heterocycles. The second kappa shape index (κ2) is 5.59. The molecule has 0 saturated heterocycles. The van der Waals surface area contributed by atoms with Crippen molar-refractivity contribution in [3.63, 3.8) is 0 Å². The van der Waals surface area contributed by atoms with Gasteiger partial charge in [0.05, 0.1) is 10.7 Å². The Morgan fingerprint density at radius 1 is 1.11 bits per heavy atom. The average molecular weight is 284 g/mol. The molecule has 0 radical (unpaired) electrons. The van der Waals surface area contributed by atoms with E-state index in [-0.39, 0.29) is 11.9 Å². The van der Waals surface area contributed by atoms with Gasteiger partial charge in [-0.1, -0.05) is 35.3 Å². The van der Waals surface area contributed by atoms with Gasteiger partial charge in [0.1, 0.15) is 5.82 Å². The van der Waals surface area contributed by atoms with Crippen molar-refractivity contribution in [1.82, 2.24) is 0 Å². The summed E-state index contributed by atoms with van der Waals surface area (Å²) in [6.45, 7) is 1.99. The molecular weight excluding hydrogens is 272 g/mol. The molecule has 1 N–H and O–H groups in total. The molecule has 94 valence electrons. The van der Waals surface area contributed by atoms with E-state index in [1.165, 1.54) is 12.1 Å². The second-order valence-corrected chi connectivity index (χ2v) is 4.89. The first kappa shape index (κ1) is 13.2. The van der Waals surface area contributed by atoms with Gasteiger partial charge >= 0.3 is 0 Å². The highest BCUT2D eigenvalue weighted by Gasteiger charge is 2.08. The lowest BCUT2D eigenvalue weighted by molar-refractivity contribution is 0.628. The van der Waals surface area contributed by atoms with Crippen molar-refractivity contribution < 1.29 is 4.39 Å². The molecule has 0 bridgehead atoms. The number of nitrogens with one attached hydrogen (secondary N) is 1. The Bertz CT molecular complexity index is 557. The highest BCUT2D eigenvalue weighted by atomic mass is 35.5. The van der Waals surface area contributed by atoms with Crippen LogP contribution in [0, 0.1) is 5.82 Å². The Balaban J connectivity index is 2.18. The van der Waals surface area contributed by atoms with Crippen LogP contribution in [-0.4, -0.2) is 0 Å². The van der Waals surface area contributed by atoms with Crippen LogP contribution in [0.2, 0.25) is 10.0 Å². The van der Waals surface area contributed by atoms with E-state index >= 15 is 0 Å². The molecule has 1 atom stereocenters. The van der Waals surface area contributed by atoms with Gasteiger partial charge in [-0.3, -0.25) is 0 Å². The standard InChI is InChI=1S/C14H12Cl2FN/c1-9(10-3-2-4-11(15)7-10)18-14-6-5-12(17)8-13(14)16/h2-9,18H,1H3. The van der Waals surface area contributed by atoms with Gasteiger partial charge in [0.2, 0.25) is 0 Å². The lowest BCUT2D eigenvalue weighted by atomic mass is 10.1. The summed E-state index contributed by atoms with van der Waals surface area (Å²) < 4.78 is 12.9. The van der Waals surface area contributed by atoms with E-state index < -0.39 is 0 Å². The lowest BCUT2D eigenvalue weighted by Crippen LogP contribution is -2.06. The molecule has 0 aromatic heterocycles. The molecule has 2 aromatic rings. The molecule has 0 spiro atoms. The topological polar surface area (TPSA) is 12.0 Å². The zero-order valence-electron chi connectivity index (χ0n) is 9.75. The molecule has 0 aliphatic carbocycles. The van der Waals surface area contributed by atoms with Gasteiger partial charge < -0.3 is 5.32 Å². The molecule has 4 heteroatoms. The minimum Gasteiger partial charge on any atom is -0.377 e. The molecule has 0 amide bonds.